The molecule has 0 saturated carbocycles. The van der Waals surface area contributed by atoms with Crippen molar-refractivity contribution in [1.29, 1.82) is 0 Å². The number of benzene rings is 2. The number of hydrogen-bond donors (Lipinski definition) is 4. The minimum Gasteiger partial charge on any atom is -0.390 e. The maximum absolute atomic E-state index is 9.47. The normalized spacial score (nSPS) is 15.2. The molecule has 0 amide bonds. The van der Waals surface area contributed by atoms with Gasteiger partial charge in [-0.15, -0.1) is 0 Å². The fraction of sp³-hybridized carbons (Fsp3) is 0.292. The third-order valence-electron chi connectivity index (χ3n) is 6.40. The molecule has 1 aliphatic rings. The Morgan fingerprint density at radius 3 is 2.66 bits per heavy atom. The van der Waals surface area contributed by atoms with Gasteiger partial charge < -0.3 is 10.1 Å². The number of likely N-dealkylation sites (tertiary alicyclic amines) is 1. The van der Waals surface area contributed by atoms with E-state index in [9.17, 15) is 5.11 Å². The fourth-order valence-corrected chi connectivity index (χ4v) is 4.75. The van der Waals surface area contributed by atoms with E-state index >= 15 is 0 Å². The molecule has 162 valence electrons. The van der Waals surface area contributed by atoms with Crippen LogP contribution in [0.3, 0.4) is 0 Å². The summed E-state index contributed by atoms with van der Waals surface area (Å²) in [6.45, 7) is 3.26. The summed E-state index contributed by atoms with van der Waals surface area (Å²) in [7, 11) is 0. The number of nitrogens with zero attached hydrogens (tertiary/aromatic N) is 4. The largest absolute Gasteiger partial charge is 0.390 e. The van der Waals surface area contributed by atoms with E-state index in [-0.39, 0.29) is 6.61 Å². The third kappa shape index (κ3) is 3.37. The van der Waals surface area contributed by atoms with Crippen molar-refractivity contribution in [3.05, 3.63) is 53.7 Å². The highest BCUT2D eigenvalue weighted by Gasteiger charge is 2.15. The van der Waals surface area contributed by atoms with Gasteiger partial charge in [0.05, 0.1) is 17.8 Å². The summed E-state index contributed by atoms with van der Waals surface area (Å²) in [6, 6.07) is 14.9. The molecule has 4 N–H and O–H groups in total. The molecule has 5 aromatic rings. The highest BCUT2D eigenvalue weighted by atomic mass is 16.3. The fourth-order valence-electron chi connectivity index (χ4n) is 4.75. The van der Waals surface area contributed by atoms with Crippen molar-refractivity contribution >= 4 is 21.8 Å². The lowest BCUT2D eigenvalue weighted by molar-refractivity contribution is 0.221. The lowest BCUT2D eigenvalue weighted by Crippen LogP contribution is -2.28. The monoisotopic (exact) mass is 427 g/mol. The molecule has 0 unspecified atom stereocenters. The van der Waals surface area contributed by atoms with Crippen molar-refractivity contribution in [2.24, 2.45) is 0 Å². The SMILES string of the molecule is OCc1n[nH]nc1-c1ccc2c(-c3cc4cc(CN5CCCCC5)ccc4[nH]3)n[nH]c2c1. The van der Waals surface area contributed by atoms with Crippen molar-refractivity contribution in [3.63, 3.8) is 0 Å². The first-order valence-corrected chi connectivity index (χ1v) is 11.1. The quantitative estimate of drug-likeness (QED) is 0.339. The van der Waals surface area contributed by atoms with Crippen LogP contribution in [0.4, 0.5) is 0 Å². The molecule has 0 bridgehead atoms. The van der Waals surface area contributed by atoms with Crippen molar-refractivity contribution in [2.45, 2.75) is 32.4 Å². The second-order valence-corrected chi connectivity index (χ2v) is 8.55. The van der Waals surface area contributed by atoms with Gasteiger partial charge in [0.1, 0.15) is 17.1 Å². The molecule has 0 atom stereocenters. The predicted molar refractivity (Wildman–Crippen MR) is 124 cm³/mol. The summed E-state index contributed by atoms with van der Waals surface area (Å²) in [5, 5.41) is 30.2. The van der Waals surface area contributed by atoms with Crippen LogP contribution in [-0.2, 0) is 13.2 Å². The Labute approximate surface area is 184 Å². The number of H-pyrrole nitrogens is 3. The first-order chi connectivity index (χ1) is 15.8. The molecule has 0 radical (unpaired) electrons. The Hall–Kier alpha value is -3.49. The van der Waals surface area contributed by atoms with Crippen LogP contribution in [0.15, 0.2) is 42.5 Å². The molecule has 0 spiro atoms. The van der Waals surface area contributed by atoms with Crippen LogP contribution >= 0.6 is 0 Å². The average Bonchev–Trinajstić information content (AvgIpc) is 3.56. The van der Waals surface area contributed by atoms with Crippen LogP contribution < -0.4 is 0 Å². The number of rotatable bonds is 5. The molecule has 0 aliphatic carbocycles. The summed E-state index contributed by atoms with van der Waals surface area (Å²) in [4.78, 5) is 6.07. The van der Waals surface area contributed by atoms with Crippen molar-refractivity contribution < 1.29 is 5.11 Å². The minimum absolute atomic E-state index is 0.160. The van der Waals surface area contributed by atoms with Crippen LogP contribution in [0.2, 0.25) is 0 Å². The topological polar surface area (TPSA) is 110 Å². The van der Waals surface area contributed by atoms with Gasteiger partial charge in [-0.25, -0.2) is 0 Å². The number of aliphatic hydroxyl groups excluding tert-OH is 1. The van der Waals surface area contributed by atoms with E-state index in [1.807, 2.05) is 18.2 Å². The molecule has 32 heavy (non-hydrogen) atoms. The van der Waals surface area contributed by atoms with Gasteiger partial charge >= 0.3 is 0 Å². The smallest absolute Gasteiger partial charge is 0.118 e. The Kier molecular flexibility index (Phi) is 4.74. The number of aromatic amines is 3. The van der Waals surface area contributed by atoms with E-state index in [0.717, 1.165) is 39.9 Å². The summed E-state index contributed by atoms with van der Waals surface area (Å²) in [5.41, 5.74) is 7.32. The van der Waals surface area contributed by atoms with Crippen molar-refractivity contribution in [3.8, 4) is 22.6 Å². The van der Waals surface area contributed by atoms with Crippen LogP contribution in [0.1, 0.15) is 30.5 Å². The zero-order chi connectivity index (χ0) is 21.5. The lowest BCUT2D eigenvalue weighted by atomic mass is 10.1. The second kappa shape index (κ2) is 7.89. The first kappa shape index (κ1) is 19.2. The summed E-state index contributed by atoms with van der Waals surface area (Å²) in [5.74, 6) is 0. The number of hydrogen-bond acceptors (Lipinski definition) is 5. The molecule has 8 nitrogen and oxygen atoms in total. The third-order valence-corrected chi connectivity index (χ3v) is 6.40. The Balaban J connectivity index is 1.32. The first-order valence-electron chi connectivity index (χ1n) is 11.1. The average molecular weight is 428 g/mol. The van der Waals surface area contributed by atoms with Crippen molar-refractivity contribution in [1.82, 2.24) is 35.5 Å². The van der Waals surface area contributed by atoms with Gasteiger partial charge in [0, 0.05) is 28.4 Å². The number of nitrogens with one attached hydrogen (secondary N) is 3. The van der Waals surface area contributed by atoms with Gasteiger partial charge in [-0.1, -0.05) is 18.6 Å². The van der Waals surface area contributed by atoms with Gasteiger partial charge in [-0.3, -0.25) is 10.00 Å². The Morgan fingerprint density at radius 2 is 1.78 bits per heavy atom. The zero-order valence-corrected chi connectivity index (χ0v) is 17.7. The van der Waals surface area contributed by atoms with E-state index < -0.39 is 0 Å². The van der Waals surface area contributed by atoms with Gasteiger partial charge in [-0.2, -0.15) is 20.5 Å². The van der Waals surface area contributed by atoms with E-state index in [2.05, 4.69) is 59.8 Å². The van der Waals surface area contributed by atoms with Crippen LogP contribution in [0.5, 0.6) is 0 Å². The molecule has 2 aromatic carbocycles. The van der Waals surface area contributed by atoms with Gasteiger partial charge in [-0.05, 0) is 61.8 Å². The molecule has 3 aromatic heterocycles. The minimum atomic E-state index is -0.160. The van der Waals surface area contributed by atoms with Crippen molar-refractivity contribution in [2.75, 3.05) is 13.1 Å². The number of piperidine rings is 1. The van der Waals surface area contributed by atoms with Gasteiger partial charge in [0.2, 0.25) is 0 Å². The molecule has 8 heteroatoms. The maximum Gasteiger partial charge on any atom is 0.118 e. The second-order valence-electron chi connectivity index (χ2n) is 8.55. The summed E-state index contributed by atoms with van der Waals surface area (Å²) in [6.07, 6.45) is 3.97. The predicted octanol–water partition coefficient (Wildman–Crippen LogP) is 3.97. The molecule has 4 heterocycles. The lowest BCUT2D eigenvalue weighted by Gasteiger charge is -2.26. The zero-order valence-electron chi connectivity index (χ0n) is 17.7. The van der Waals surface area contributed by atoms with E-state index in [4.69, 9.17) is 0 Å². The van der Waals surface area contributed by atoms with Gasteiger partial charge in [0.15, 0.2) is 0 Å². The maximum atomic E-state index is 9.47. The highest BCUT2D eigenvalue weighted by molar-refractivity contribution is 5.97. The van der Waals surface area contributed by atoms with Crippen LogP contribution in [-0.4, -0.2) is 53.7 Å². The summed E-state index contributed by atoms with van der Waals surface area (Å²) < 4.78 is 0. The van der Waals surface area contributed by atoms with E-state index in [1.54, 1.807) is 0 Å². The van der Waals surface area contributed by atoms with E-state index in [1.165, 1.54) is 43.3 Å². The summed E-state index contributed by atoms with van der Waals surface area (Å²) >= 11 is 0. The molecule has 1 saturated heterocycles. The molecular weight excluding hydrogens is 402 g/mol. The molecule has 6 rings (SSSR count). The number of fused-ring (bicyclic) bond motifs is 2. The molecular formula is C24H25N7O. The molecule has 1 fully saturated rings. The van der Waals surface area contributed by atoms with Crippen LogP contribution in [0.25, 0.3) is 44.5 Å². The highest BCUT2D eigenvalue weighted by Crippen LogP contribution is 2.32. The van der Waals surface area contributed by atoms with Gasteiger partial charge in [0.25, 0.3) is 0 Å². The Morgan fingerprint density at radius 1 is 0.875 bits per heavy atom. The number of aromatic nitrogens is 6. The standard InChI is InChI=1S/C24H25N7O/c32-14-22-23(29-30-27-22)16-5-6-18-20(11-16)26-28-24(18)21-12-17-10-15(4-7-19(17)25-21)13-31-8-2-1-3-9-31/h4-7,10-12,25,32H,1-3,8-9,13-14H2,(H,26,28)(H,27,29,30). The molecule has 1 aliphatic heterocycles. The Bertz CT molecular complexity index is 1390. The van der Waals surface area contributed by atoms with Crippen LogP contribution in [0, 0.1) is 0 Å². The number of aliphatic hydroxyl groups is 1. The van der Waals surface area contributed by atoms with E-state index in [0.29, 0.717) is 11.4 Å².